The van der Waals surface area contributed by atoms with Crippen molar-refractivity contribution in [3.63, 3.8) is 0 Å². The number of hydrogen-bond acceptors (Lipinski definition) is 1. The second-order valence-electron chi connectivity index (χ2n) is 4.95. The van der Waals surface area contributed by atoms with E-state index in [9.17, 15) is 13.2 Å². The van der Waals surface area contributed by atoms with Gasteiger partial charge in [-0.2, -0.15) is 13.2 Å². The number of halogens is 4. The summed E-state index contributed by atoms with van der Waals surface area (Å²) in [4.78, 5) is 0. The van der Waals surface area contributed by atoms with E-state index in [2.05, 4.69) is 11.4 Å². The van der Waals surface area contributed by atoms with Gasteiger partial charge < -0.3 is 5.32 Å². The van der Waals surface area contributed by atoms with Crippen LogP contribution in [0.25, 0.3) is 11.1 Å². The van der Waals surface area contributed by atoms with Crippen molar-refractivity contribution in [2.24, 2.45) is 0 Å². The van der Waals surface area contributed by atoms with E-state index >= 15 is 0 Å². The highest BCUT2D eigenvalue weighted by molar-refractivity contribution is 5.85. The summed E-state index contributed by atoms with van der Waals surface area (Å²) in [6, 6.07) is 11.4. The second-order valence-corrected chi connectivity index (χ2v) is 4.95. The van der Waals surface area contributed by atoms with Crippen LogP contribution in [0, 0.1) is 0 Å². The maximum Gasteiger partial charge on any atom is 0.416 e. The van der Waals surface area contributed by atoms with Crippen LogP contribution in [-0.4, -0.2) is 6.54 Å². The minimum atomic E-state index is -4.28. The van der Waals surface area contributed by atoms with Gasteiger partial charge in [0.25, 0.3) is 0 Å². The Morgan fingerprint density at radius 3 is 2.33 bits per heavy atom. The van der Waals surface area contributed by atoms with Gasteiger partial charge in [-0.25, -0.2) is 0 Å². The smallest absolute Gasteiger partial charge is 0.312 e. The van der Waals surface area contributed by atoms with Crippen molar-refractivity contribution in [1.82, 2.24) is 5.32 Å². The number of rotatable bonds is 1. The van der Waals surface area contributed by atoms with Gasteiger partial charge in [0.2, 0.25) is 0 Å². The Morgan fingerprint density at radius 1 is 0.952 bits per heavy atom. The van der Waals surface area contributed by atoms with Gasteiger partial charge in [0.1, 0.15) is 0 Å². The highest BCUT2D eigenvalue weighted by Crippen LogP contribution is 2.33. The third-order valence-corrected chi connectivity index (χ3v) is 3.66. The highest BCUT2D eigenvalue weighted by atomic mass is 35.5. The minimum Gasteiger partial charge on any atom is -0.312 e. The lowest BCUT2D eigenvalue weighted by molar-refractivity contribution is -0.137. The maximum atomic E-state index is 12.6. The Hall–Kier alpha value is -1.52. The molecule has 0 bridgehead atoms. The topological polar surface area (TPSA) is 12.0 Å². The van der Waals surface area contributed by atoms with Gasteiger partial charge in [-0.05, 0) is 47.4 Å². The first kappa shape index (κ1) is 15.9. The van der Waals surface area contributed by atoms with E-state index in [0.29, 0.717) is 0 Å². The van der Waals surface area contributed by atoms with Crippen LogP contribution < -0.4 is 5.32 Å². The molecule has 1 heterocycles. The quantitative estimate of drug-likeness (QED) is 0.820. The van der Waals surface area contributed by atoms with Crippen LogP contribution in [0.5, 0.6) is 0 Å². The zero-order chi connectivity index (χ0) is 14.2. The SMILES string of the molecule is Cl.FC(F)(F)c1ccc(-c2cccc3c2CCNC3)cc1. The van der Waals surface area contributed by atoms with Crippen molar-refractivity contribution >= 4 is 12.4 Å². The minimum absolute atomic E-state index is 0. The van der Waals surface area contributed by atoms with Crippen molar-refractivity contribution < 1.29 is 13.2 Å². The molecule has 1 aliphatic heterocycles. The van der Waals surface area contributed by atoms with Gasteiger partial charge in [0.05, 0.1) is 5.56 Å². The third kappa shape index (κ3) is 3.22. The molecule has 112 valence electrons. The second kappa shape index (κ2) is 6.08. The summed E-state index contributed by atoms with van der Waals surface area (Å²) in [5.41, 5.74) is 3.75. The molecule has 2 aromatic carbocycles. The van der Waals surface area contributed by atoms with Gasteiger partial charge >= 0.3 is 6.18 Å². The van der Waals surface area contributed by atoms with E-state index in [4.69, 9.17) is 0 Å². The van der Waals surface area contributed by atoms with E-state index in [0.717, 1.165) is 42.8 Å². The molecule has 0 aromatic heterocycles. The Balaban J connectivity index is 0.00000161. The highest BCUT2D eigenvalue weighted by Gasteiger charge is 2.30. The van der Waals surface area contributed by atoms with Gasteiger partial charge in [-0.1, -0.05) is 30.3 Å². The van der Waals surface area contributed by atoms with Crippen molar-refractivity contribution in [3.05, 3.63) is 59.2 Å². The largest absolute Gasteiger partial charge is 0.416 e. The van der Waals surface area contributed by atoms with E-state index in [1.54, 1.807) is 12.1 Å². The zero-order valence-corrected chi connectivity index (χ0v) is 12.0. The Morgan fingerprint density at radius 2 is 1.67 bits per heavy atom. The van der Waals surface area contributed by atoms with E-state index in [1.807, 2.05) is 12.1 Å². The summed E-state index contributed by atoms with van der Waals surface area (Å²) in [5, 5.41) is 3.30. The van der Waals surface area contributed by atoms with Crippen LogP contribution in [0.2, 0.25) is 0 Å². The van der Waals surface area contributed by atoms with Crippen LogP contribution in [0.1, 0.15) is 16.7 Å². The molecule has 0 spiro atoms. The molecule has 0 saturated carbocycles. The summed E-state index contributed by atoms with van der Waals surface area (Å²) in [6.07, 6.45) is -3.37. The summed E-state index contributed by atoms with van der Waals surface area (Å²) >= 11 is 0. The molecule has 0 unspecified atom stereocenters. The molecule has 0 saturated heterocycles. The molecule has 0 aliphatic carbocycles. The van der Waals surface area contributed by atoms with Gasteiger partial charge in [0.15, 0.2) is 0 Å². The van der Waals surface area contributed by atoms with E-state index in [1.165, 1.54) is 11.1 Å². The van der Waals surface area contributed by atoms with Crippen LogP contribution >= 0.6 is 12.4 Å². The summed E-state index contributed by atoms with van der Waals surface area (Å²) in [5.74, 6) is 0. The van der Waals surface area contributed by atoms with Crippen molar-refractivity contribution in [2.45, 2.75) is 19.1 Å². The molecule has 1 nitrogen and oxygen atoms in total. The van der Waals surface area contributed by atoms with Crippen LogP contribution in [-0.2, 0) is 19.1 Å². The fraction of sp³-hybridized carbons (Fsp3) is 0.250. The fourth-order valence-electron chi connectivity index (χ4n) is 2.64. The van der Waals surface area contributed by atoms with E-state index in [-0.39, 0.29) is 12.4 Å². The van der Waals surface area contributed by atoms with Crippen molar-refractivity contribution in [2.75, 3.05) is 6.54 Å². The number of benzene rings is 2. The molecule has 0 atom stereocenters. The number of nitrogens with one attached hydrogen (secondary N) is 1. The fourth-order valence-corrected chi connectivity index (χ4v) is 2.64. The molecule has 1 N–H and O–H groups in total. The molecule has 0 amide bonds. The lowest BCUT2D eigenvalue weighted by Gasteiger charge is -2.20. The first-order valence-electron chi connectivity index (χ1n) is 6.55. The van der Waals surface area contributed by atoms with Gasteiger partial charge in [0, 0.05) is 6.54 Å². The average molecular weight is 314 g/mol. The molecule has 21 heavy (non-hydrogen) atoms. The monoisotopic (exact) mass is 313 g/mol. The molecule has 1 aliphatic rings. The molecular weight excluding hydrogens is 299 g/mol. The van der Waals surface area contributed by atoms with Crippen LogP contribution in [0.15, 0.2) is 42.5 Å². The Bertz CT molecular complexity index is 620. The van der Waals surface area contributed by atoms with Crippen LogP contribution in [0.4, 0.5) is 13.2 Å². The zero-order valence-electron chi connectivity index (χ0n) is 11.2. The molecule has 5 heteroatoms. The number of alkyl halides is 3. The summed E-state index contributed by atoms with van der Waals surface area (Å²) in [6.45, 7) is 1.73. The van der Waals surface area contributed by atoms with Gasteiger partial charge in [-0.3, -0.25) is 0 Å². The normalized spacial score (nSPS) is 14.2. The molecule has 2 aromatic rings. The molecular formula is C16H15ClF3N. The summed E-state index contributed by atoms with van der Waals surface area (Å²) in [7, 11) is 0. The number of fused-ring (bicyclic) bond motifs is 1. The van der Waals surface area contributed by atoms with Crippen molar-refractivity contribution in [3.8, 4) is 11.1 Å². The first-order valence-corrected chi connectivity index (χ1v) is 6.55. The van der Waals surface area contributed by atoms with E-state index < -0.39 is 11.7 Å². The molecule has 0 fully saturated rings. The third-order valence-electron chi connectivity index (χ3n) is 3.66. The standard InChI is InChI=1S/C16H14F3N.ClH/c17-16(18,19)13-6-4-11(5-7-13)14-3-1-2-12-10-20-9-8-15(12)14;/h1-7,20H,8-10H2;1H. The maximum absolute atomic E-state index is 12.6. The molecule has 0 radical (unpaired) electrons. The lowest BCUT2D eigenvalue weighted by Crippen LogP contribution is -2.24. The van der Waals surface area contributed by atoms with Crippen LogP contribution in [0.3, 0.4) is 0 Å². The predicted molar refractivity (Wildman–Crippen MR) is 79.5 cm³/mol. The Labute approximate surface area is 127 Å². The van der Waals surface area contributed by atoms with Crippen molar-refractivity contribution in [1.29, 1.82) is 0 Å². The first-order chi connectivity index (χ1) is 9.55. The summed E-state index contributed by atoms with van der Waals surface area (Å²) < 4.78 is 37.8. The molecule has 3 rings (SSSR count). The Kier molecular flexibility index (Phi) is 4.59. The number of hydrogen-bond donors (Lipinski definition) is 1. The van der Waals surface area contributed by atoms with Gasteiger partial charge in [-0.15, -0.1) is 12.4 Å². The predicted octanol–water partition coefficient (Wildman–Crippen LogP) is 4.44. The average Bonchev–Trinajstić information content (AvgIpc) is 2.46. The lowest BCUT2D eigenvalue weighted by atomic mass is 9.91.